The van der Waals surface area contributed by atoms with Gasteiger partial charge in [0.15, 0.2) is 0 Å². The molecule has 0 bridgehead atoms. The summed E-state index contributed by atoms with van der Waals surface area (Å²) in [5.74, 6) is -0.586. The molecule has 3 rings (SSSR count). The van der Waals surface area contributed by atoms with Crippen LogP contribution in [0.5, 0.6) is 5.75 Å². The molecule has 7 heteroatoms. The number of ether oxygens (including phenoxy) is 2. The molecular weight excluding hydrogens is 334 g/mol. The highest BCUT2D eigenvalue weighted by Gasteiger charge is 2.45. The second-order valence-electron chi connectivity index (χ2n) is 6.24. The lowest BCUT2D eigenvalue weighted by Gasteiger charge is -2.39. The number of hydrogen-bond donors (Lipinski definition) is 1. The van der Waals surface area contributed by atoms with Gasteiger partial charge in [-0.2, -0.15) is 0 Å². The maximum atomic E-state index is 12.4. The van der Waals surface area contributed by atoms with Gasteiger partial charge in [0.2, 0.25) is 11.5 Å². The van der Waals surface area contributed by atoms with E-state index in [1.165, 1.54) is 0 Å². The minimum Gasteiger partial charge on any atom is -0.478 e. The van der Waals surface area contributed by atoms with Crippen LogP contribution < -0.4 is 4.74 Å². The molecule has 0 spiro atoms. The summed E-state index contributed by atoms with van der Waals surface area (Å²) in [4.78, 5) is 26.0. The Morgan fingerprint density at radius 2 is 1.92 bits per heavy atom. The number of rotatable bonds is 4. The topological polar surface area (TPSA) is 76.1 Å². The van der Waals surface area contributed by atoms with Crippen LogP contribution in [-0.4, -0.2) is 53.8 Å². The molecule has 1 amide bonds. The maximum absolute atomic E-state index is 12.4. The summed E-state index contributed by atoms with van der Waals surface area (Å²) in [6.45, 7) is 1.81. The first kappa shape index (κ1) is 17.0. The number of likely N-dealkylation sites (tertiary alicyclic amines) is 1. The fourth-order valence-corrected chi connectivity index (χ4v) is 3.29. The molecule has 1 atom stereocenters. The largest absolute Gasteiger partial charge is 0.478 e. The van der Waals surface area contributed by atoms with E-state index in [4.69, 9.17) is 21.1 Å². The fraction of sp³-hybridized carbons (Fsp3) is 0.529. The van der Waals surface area contributed by atoms with Gasteiger partial charge in [-0.05, 0) is 30.7 Å². The van der Waals surface area contributed by atoms with Gasteiger partial charge in [0, 0.05) is 37.6 Å². The Morgan fingerprint density at radius 3 is 2.46 bits per heavy atom. The number of carbonyl (C=O) groups is 2. The molecule has 2 fully saturated rings. The molecule has 24 heavy (non-hydrogen) atoms. The minimum absolute atomic E-state index is 0.0537. The van der Waals surface area contributed by atoms with Gasteiger partial charge in [-0.3, -0.25) is 4.79 Å². The standard InChI is InChI=1S/C17H20ClNO5/c18-13-1-3-14(4-2-13)24-17(16(21)22)6-8-19(9-7-17)15(20)12-5-10-23-11-12/h1-4,12H,5-11H2,(H,21,22). The lowest BCUT2D eigenvalue weighted by Crippen LogP contribution is -2.55. The Bertz CT molecular complexity index is 604. The Kier molecular flexibility index (Phi) is 4.96. The highest BCUT2D eigenvalue weighted by Crippen LogP contribution is 2.31. The Balaban J connectivity index is 1.66. The summed E-state index contributed by atoms with van der Waals surface area (Å²) < 4.78 is 11.1. The third-order valence-corrected chi connectivity index (χ3v) is 4.93. The number of carboxylic acid groups (broad SMARTS) is 1. The number of piperidine rings is 1. The van der Waals surface area contributed by atoms with Crippen molar-refractivity contribution in [3.63, 3.8) is 0 Å². The molecule has 1 N–H and O–H groups in total. The van der Waals surface area contributed by atoms with Crippen molar-refractivity contribution in [2.24, 2.45) is 5.92 Å². The Morgan fingerprint density at radius 1 is 1.25 bits per heavy atom. The maximum Gasteiger partial charge on any atom is 0.348 e. The van der Waals surface area contributed by atoms with Crippen LogP contribution in [0.3, 0.4) is 0 Å². The van der Waals surface area contributed by atoms with Crippen molar-refractivity contribution in [1.29, 1.82) is 0 Å². The Hall–Kier alpha value is -1.79. The smallest absolute Gasteiger partial charge is 0.348 e. The molecule has 1 unspecified atom stereocenters. The molecular formula is C17H20ClNO5. The molecule has 0 aromatic heterocycles. The number of carboxylic acids is 1. The number of halogens is 1. The van der Waals surface area contributed by atoms with E-state index in [0.29, 0.717) is 37.1 Å². The van der Waals surface area contributed by atoms with Crippen molar-refractivity contribution in [2.45, 2.75) is 24.9 Å². The zero-order valence-electron chi connectivity index (χ0n) is 13.2. The number of benzene rings is 1. The van der Waals surface area contributed by atoms with Gasteiger partial charge in [-0.1, -0.05) is 11.6 Å². The zero-order valence-corrected chi connectivity index (χ0v) is 14.0. The predicted molar refractivity (Wildman–Crippen MR) is 87.2 cm³/mol. The summed E-state index contributed by atoms with van der Waals surface area (Å²) in [5, 5.41) is 10.2. The van der Waals surface area contributed by atoms with Gasteiger partial charge in [0.1, 0.15) is 5.75 Å². The van der Waals surface area contributed by atoms with Crippen LogP contribution in [0.25, 0.3) is 0 Å². The first-order chi connectivity index (χ1) is 11.5. The second kappa shape index (κ2) is 6.99. The number of aliphatic carboxylic acids is 1. The van der Waals surface area contributed by atoms with Gasteiger partial charge in [0.05, 0.1) is 12.5 Å². The van der Waals surface area contributed by atoms with Crippen molar-refractivity contribution < 1.29 is 24.2 Å². The third kappa shape index (κ3) is 3.49. The van der Waals surface area contributed by atoms with Crippen molar-refractivity contribution in [3.8, 4) is 5.75 Å². The molecule has 2 aliphatic heterocycles. The lowest BCUT2D eigenvalue weighted by atomic mass is 9.90. The van der Waals surface area contributed by atoms with E-state index in [0.717, 1.165) is 6.42 Å². The highest BCUT2D eigenvalue weighted by atomic mass is 35.5. The van der Waals surface area contributed by atoms with Crippen LogP contribution in [0.2, 0.25) is 5.02 Å². The zero-order chi connectivity index (χ0) is 17.2. The van der Waals surface area contributed by atoms with Gasteiger partial charge in [-0.25, -0.2) is 4.79 Å². The van der Waals surface area contributed by atoms with E-state index in [1.54, 1.807) is 29.2 Å². The van der Waals surface area contributed by atoms with Crippen molar-refractivity contribution >= 4 is 23.5 Å². The molecule has 1 aromatic carbocycles. The fourth-order valence-electron chi connectivity index (χ4n) is 3.16. The summed E-state index contributed by atoms with van der Waals surface area (Å²) in [6, 6.07) is 6.62. The van der Waals surface area contributed by atoms with Crippen LogP contribution in [0, 0.1) is 5.92 Å². The van der Waals surface area contributed by atoms with Crippen LogP contribution in [0.4, 0.5) is 0 Å². The van der Waals surface area contributed by atoms with Crippen LogP contribution in [0.1, 0.15) is 19.3 Å². The molecule has 2 saturated heterocycles. The van der Waals surface area contributed by atoms with Crippen LogP contribution >= 0.6 is 11.6 Å². The summed E-state index contributed by atoms with van der Waals surface area (Å²) in [6.07, 6.45) is 1.25. The number of hydrogen-bond acceptors (Lipinski definition) is 4. The van der Waals surface area contributed by atoms with Crippen LogP contribution in [-0.2, 0) is 14.3 Å². The normalized spacial score (nSPS) is 23.0. The van der Waals surface area contributed by atoms with Crippen LogP contribution in [0.15, 0.2) is 24.3 Å². The number of nitrogens with zero attached hydrogens (tertiary/aromatic N) is 1. The average Bonchev–Trinajstić information content (AvgIpc) is 3.11. The summed E-state index contributed by atoms with van der Waals surface area (Å²) in [7, 11) is 0. The van der Waals surface area contributed by atoms with E-state index in [2.05, 4.69) is 0 Å². The molecule has 0 aliphatic carbocycles. The Labute approximate surface area is 145 Å². The molecule has 130 valence electrons. The van der Waals surface area contributed by atoms with Gasteiger partial charge in [-0.15, -0.1) is 0 Å². The van der Waals surface area contributed by atoms with Crippen molar-refractivity contribution in [1.82, 2.24) is 4.90 Å². The summed E-state index contributed by atoms with van der Waals surface area (Å²) in [5.41, 5.74) is -1.31. The molecule has 0 radical (unpaired) electrons. The van der Waals surface area contributed by atoms with E-state index in [9.17, 15) is 14.7 Å². The minimum atomic E-state index is -1.31. The van der Waals surface area contributed by atoms with Gasteiger partial charge < -0.3 is 19.5 Å². The first-order valence-electron chi connectivity index (χ1n) is 8.05. The van der Waals surface area contributed by atoms with E-state index in [-0.39, 0.29) is 24.7 Å². The monoisotopic (exact) mass is 353 g/mol. The predicted octanol–water partition coefficient (Wildman–Crippen LogP) is 2.20. The van der Waals surface area contributed by atoms with Gasteiger partial charge >= 0.3 is 5.97 Å². The first-order valence-corrected chi connectivity index (χ1v) is 8.42. The molecule has 0 saturated carbocycles. The highest BCUT2D eigenvalue weighted by molar-refractivity contribution is 6.30. The van der Waals surface area contributed by atoms with E-state index >= 15 is 0 Å². The molecule has 6 nitrogen and oxygen atoms in total. The SMILES string of the molecule is O=C(C1CCOC1)N1CCC(Oc2ccc(Cl)cc2)(C(=O)O)CC1. The second-order valence-corrected chi connectivity index (χ2v) is 6.68. The average molecular weight is 354 g/mol. The third-order valence-electron chi connectivity index (χ3n) is 4.68. The molecule has 1 aromatic rings. The van der Waals surface area contributed by atoms with Crippen molar-refractivity contribution in [2.75, 3.05) is 26.3 Å². The number of amides is 1. The van der Waals surface area contributed by atoms with E-state index in [1.807, 2.05) is 0 Å². The molecule has 2 heterocycles. The quantitative estimate of drug-likeness (QED) is 0.898. The van der Waals surface area contributed by atoms with Gasteiger partial charge in [0.25, 0.3) is 0 Å². The lowest BCUT2D eigenvalue weighted by molar-refractivity contribution is -0.162. The van der Waals surface area contributed by atoms with E-state index < -0.39 is 11.6 Å². The number of carbonyl (C=O) groups excluding carboxylic acids is 1. The van der Waals surface area contributed by atoms with Crippen molar-refractivity contribution in [3.05, 3.63) is 29.3 Å². The summed E-state index contributed by atoms with van der Waals surface area (Å²) >= 11 is 5.84. The molecule has 2 aliphatic rings.